The van der Waals surface area contributed by atoms with Crippen LogP contribution in [-0.2, 0) is 4.79 Å². The summed E-state index contributed by atoms with van der Waals surface area (Å²) < 4.78 is 0. The van der Waals surface area contributed by atoms with Crippen molar-refractivity contribution < 1.29 is 24.9 Å². The second kappa shape index (κ2) is 6.81. The van der Waals surface area contributed by atoms with Crippen LogP contribution in [-0.4, -0.2) is 44.8 Å². The third-order valence-corrected chi connectivity index (χ3v) is 2.53. The van der Waals surface area contributed by atoms with E-state index in [4.69, 9.17) is 5.11 Å². The highest BCUT2D eigenvalue weighted by molar-refractivity contribution is 5.85. The number of rotatable bonds is 6. The first-order valence-electron chi connectivity index (χ1n) is 5.71. The van der Waals surface area contributed by atoms with Crippen molar-refractivity contribution in [1.82, 2.24) is 10.3 Å². The average Bonchev–Trinajstić information content (AvgIpc) is 2.37. The quantitative estimate of drug-likeness (QED) is 0.562. The number of nitrogens with zero attached hydrogens (tertiary/aromatic N) is 1. The number of carbonyl (C=O) groups is 2. The van der Waals surface area contributed by atoms with Crippen molar-refractivity contribution >= 4 is 11.9 Å². The van der Waals surface area contributed by atoms with E-state index in [-0.39, 0.29) is 24.6 Å². The van der Waals surface area contributed by atoms with Gasteiger partial charge in [-0.15, -0.1) is 0 Å². The molecule has 4 N–H and O–H groups in total. The molecule has 1 heterocycles. The maximum Gasteiger partial charge on any atom is 0.354 e. The van der Waals surface area contributed by atoms with Gasteiger partial charge in [-0.2, -0.15) is 0 Å². The van der Waals surface area contributed by atoms with Gasteiger partial charge in [0.25, 0.3) is 0 Å². The summed E-state index contributed by atoms with van der Waals surface area (Å²) in [5.41, 5.74) is 0.184. The van der Waals surface area contributed by atoms with Crippen LogP contribution in [0.15, 0.2) is 18.3 Å². The van der Waals surface area contributed by atoms with Crippen LogP contribution in [0, 0.1) is 0 Å². The number of hydrogen-bond acceptors (Lipinski definition) is 5. The highest BCUT2D eigenvalue weighted by Crippen LogP contribution is 2.18. The minimum atomic E-state index is -1.18. The van der Waals surface area contributed by atoms with Crippen LogP contribution in [0.2, 0.25) is 0 Å². The molecule has 0 aromatic carbocycles. The predicted molar refractivity (Wildman–Crippen MR) is 65.5 cm³/mol. The summed E-state index contributed by atoms with van der Waals surface area (Å²) in [6.07, 6.45) is -0.856. The predicted octanol–water partition coefficient (Wildman–Crippen LogP) is -0.300. The van der Waals surface area contributed by atoms with Gasteiger partial charge < -0.3 is 20.6 Å². The van der Waals surface area contributed by atoms with Gasteiger partial charge in [0.05, 0.1) is 6.10 Å². The lowest BCUT2D eigenvalue weighted by molar-refractivity contribution is -0.119. The van der Waals surface area contributed by atoms with Gasteiger partial charge in [0.1, 0.15) is 11.8 Å². The Kier molecular flexibility index (Phi) is 5.40. The van der Waals surface area contributed by atoms with Crippen molar-refractivity contribution in [3.05, 3.63) is 29.6 Å². The number of carboxylic acid groups (broad SMARTS) is 1. The fourth-order valence-electron chi connectivity index (χ4n) is 1.48. The van der Waals surface area contributed by atoms with Crippen molar-refractivity contribution in [1.29, 1.82) is 0 Å². The first-order valence-corrected chi connectivity index (χ1v) is 5.71. The van der Waals surface area contributed by atoms with E-state index in [1.807, 2.05) is 0 Å². The van der Waals surface area contributed by atoms with Crippen molar-refractivity contribution in [2.45, 2.75) is 25.6 Å². The molecule has 7 heteroatoms. The Labute approximate surface area is 109 Å². The monoisotopic (exact) mass is 268 g/mol. The molecule has 0 radical (unpaired) electrons. The molecule has 1 amide bonds. The molecule has 0 saturated heterocycles. The van der Waals surface area contributed by atoms with E-state index < -0.39 is 18.2 Å². The van der Waals surface area contributed by atoms with Crippen LogP contribution >= 0.6 is 0 Å². The molecule has 2 unspecified atom stereocenters. The van der Waals surface area contributed by atoms with Gasteiger partial charge in [-0.05, 0) is 12.5 Å². The third kappa shape index (κ3) is 4.65. The van der Waals surface area contributed by atoms with E-state index >= 15 is 0 Å². The van der Waals surface area contributed by atoms with Crippen LogP contribution in [0.3, 0.4) is 0 Å². The number of pyridine rings is 1. The third-order valence-electron chi connectivity index (χ3n) is 2.53. The summed E-state index contributed by atoms with van der Waals surface area (Å²) in [5, 5.41) is 30.7. The standard InChI is InChI=1S/C12H16N2O5/c1-7(15)13-5-4-10(16)11(17)8-2-3-9(12(18)19)14-6-8/h2-3,6,10-11,16-17H,4-5H2,1H3,(H,13,15)(H,18,19). The number of amides is 1. The molecule has 0 spiro atoms. The topological polar surface area (TPSA) is 120 Å². The molecular formula is C12H16N2O5. The maximum atomic E-state index is 10.6. The van der Waals surface area contributed by atoms with E-state index in [1.165, 1.54) is 25.3 Å². The van der Waals surface area contributed by atoms with Crippen LogP contribution in [0.4, 0.5) is 0 Å². The fourth-order valence-corrected chi connectivity index (χ4v) is 1.48. The fraction of sp³-hybridized carbons (Fsp3) is 0.417. The van der Waals surface area contributed by atoms with E-state index in [2.05, 4.69) is 10.3 Å². The van der Waals surface area contributed by atoms with Crippen LogP contribution in [0.5, 0.6) is 0 Å². The number of aliphatic hydroxyl groups excluding tert-OH is 2. The lowest BCUT2D eigenvalue weighted by Crippen LogP contribution is -2.27. The largest absolute Gasteiger partial charge is 0.477 e. The van der Waals surface area contributed by atoms with E-state index in [0.717, 1.165) is 0 Å². The van der Waals surface area contributed by atoms with Crippen LogP contribution in [0.25, 0.3) is 0 Å². The summed E-state index contributed by atoms with van der Waals surface area (Å²) in [7, 11) is 0. The number of carboxylic acids is 1. The Hall–Kier alpha value is -1.99. The molecule has 7 nitrogen and oxygen atoms in total. The Morgan fingerprint density at radius 3 is 2.53 bits per heavy atom. The zero-order chi connectivity index (χ0) is 14.4. The van der Waals surface area contributed by atoms with Crippen molar-refractivity contribution in [3.8, 4) is 0 Å². The number of nitrogens with one attached hydrogen (secondary N) is 1. The molecule has 0 aliphatic heterocycles. The summed E-state index contributed by atoms with van der Waals surface area (Å²) >= 11 is 0. The molecule has 0 aliphatic rings. The van der Waals surface area contributed by atoms with E-state index in [1.54, 1.807) is 0 Å². The van der Waals surface area contributed by atoms with E-state index in [0.29, 0.717) is 5.56 Å². The molecular weight excluding hydrogens is 252 g/mol. The van der Waals surface area contributed by atoms with Crippen LogP contribution < -0.4 is 5.32 Å². The van der Waals surface area contributed by atoms with Gasteiger partial charge >= 0.3 is 5.97 Å². The van der Waals surface area contributed by atoms with Gasteiger partial charge in [-0.3, -0.25) is 4.79 Å². The number of aliphatic hydroxyl groups is 2. The minimum Gasteiger partial charge on any atom is -0.477 e. The molecule has 0 saturated carbocycles. The van der Waals surface area contributed by atoms with Crippen LogP contribution in [0.1, 0.15) is 35.5 Å². The summed E-state index contributed by atoms with van der Waals surface area (Å²) in [6.45, 7) is 1.60. The highest BCUT2D eigenvalue weighted by atomic mass is 16.4. The van der Waals surface area contributed by atoms with Gasteiger partial charge in [-0.1, -0.05) is 6.07 Å². The second-order valence-corrected chi connectivity index (χ2v) is 4.07. The summed E-state index contributed by atoms with van der Waals surface area (Å²) in [6, 6.07) is 2.64. The molecule has 0 fully saturated rings. The molecule has 0 bridgehead atoms. The number of aromatic nitrogens is 1. The Morgan fingerprint density at radius 2 is 2.05 bits per heavy atom. The lowest BCUT2D eigenvalue weighted by Gasteiger charge is -2.17. The number of carbonyl (C=O) groups excluding carboxylic acids is 1. The van der Waals surface area contributed by atoms with Crippen molar-refractivity contribution in [2.75, 3.05) is 6.54 Å². The molecule has 1 aromatic rings. The second-order valence-electron chi connectivity index (χ2n) is 4.07. The molecule has 19 heavy (non-hydrogen) atoms. The Bertz CT molecular complexity index is 446. The zero-order valence-corrected chi connectivity index (χ0v) is 10.4. The van der Waals surface area contributed by atoms with Gasteiger partial charge in [0.15, 0.2) is 0 Å². The average molecular weight is 268 g/mol. The highest BCUT2D eigenvalue weighted by Gasteiger charge is 2.19. The SMILES string of the molecule is CC(=O)NCCC(O)C(O)c1ccc(C(=O)O)nc1. The molecule has 0 aliphatic carbocycles. The van der Waals surface area contributed by atoms with Gasteiger partial charge in [0.2, 0.25) is 5.91 Å². The summed E-state index contributed by atoms with van der Waals surface area (Å²) in [4.78, 5) is 24.9. The van der Waals surface area contributed by atoms with E-state index in [9.17, 15) is 19.8 Å². The van der Waals surface area contributed by atoms with Gasteiger partial charge in [-0.25, -0.2) is 9.78 Å². The van der Waals surface area contributed by atoms with Crippen molar-refractivity contribution in [2.24, 2.45) is 0 Å². The summed E-state index contributed by atoms with van der Waals surface area (Å²) in [5.74, 6) is -1.37. The maximum absolute atomic E-state index is 10.6. The van der Waals surface area contributed by atoms with Gasteiger partial charge in [0, 0.05) is 25.2 Å². The first kappa shape index (κ1) is 15.1. The zero-order valence-electron chi connectivity index (χ0n) is 10.4. The molecule has 1 rings (SSSR count). The Balaban J connectivity index is 2.58. The Morgan fingerprint density at radius 1 is 1.37 bits per heavy atom. The van der Waals surface area contributed by atoms with Crippen molar-refractivity contribution in [3.63, 3.8) is 0 Å². The normalized spacial score (nSPS) is 13.6. The smallest absolute Gasteiger partial charge is 0.354 e. The first-order chi connectivity index (χ1) is 8.91. The number of aromatic carboxylic acids is 1. The lowest BCUT2D eigenvalue weighted by atomic mass is 10.0. The molecule has 104 valence electrons. The number of hydrogen-bond donors (Lipinski definition) is 4. The molecule has 1 aromatic heterocycles. The molecule has 2 atom stereocenters. The minimum absolute atomic E-state index is 0.135.